The number of hydrogen-bond acceptors (Lipinski definition) is 0. The minimum absolute atomic E-state index is 0.187. The molecule has 0 N–H and O–H groups in total. The molecule has 0 radical (unpaired) electrons. The van der Waals surface area contributed by atoms with Crippen LogP contribution in [0.2, 0.25) is 0 Å². The van der Waals surface area contributed by atoms with Crippen molar-refractivity contribution in [1.82, 2.24) is 0 Å². The van der Waals surface area contributed by atoms with Gasteiger partial charge in [-0.3, -0.25) is 0 Å². The molecule has 0 aliphatic carbocycles. The van der Waals surface area contributed by atoms with Crippen LogP contribution in [-0.4, -0.2) is 0 Å². The first-order valence-electron chi connectivity index (χ1n) is 11.7. The van der Waals surface area contributed by atoms with Gasteiger partial charge in [0.15, 0.2) is 0 Å². The SMILES string of the molecule is CCCCCCc1ccc2cc(-c3cc(F)c(-c4cc(F)c(C(F)(F)F)c(F)c4)c(F)c3)ccc2c1. The highest BCUT2D eigenvalue weighted by Gasteiger charge is 2.38. The minimum atomic E-state index is -5.28. The first-order chi connectivity index (χ1) is 17.1. The smallest absolute Gasteiger partial charge is 0.206 e. The molecule has 0 amide bonds. The van der Waals surface area contributed by atoms with Crippen LogP contribution in [0.1, 0.15) is 43.7 Å². The number of benzene rings is 4. The summed E-state index contributed by atoms with van der Waals surface area (Å²) in [6.45, 7) is 2.16. The van der Waals surface area contributed by atoms with Crippen LogP contribution in [0.5, 0.6) is 0 Å². The topological polar surface area (TPSA) is 0 Å². The lowest BCUT2D eigenvalue weighted by Crippen LogP contribution is -2.11. The molecule has 0 aliphatic rings. The maximum atomic E-state index is 14.9. The summed E-state index contributed by atoms with van der Waals surface area (Å²) < 4.78 is 96.3. The predicted octanol–water partition coefficient (Wildman–Crippen LogP) is 9.87. The van der Waals surface area contributed by atoms with Crippen molar-refractivity contribution in [3.63, 3.8) is 0 Å². The molecule has 4 aromatic carbocycles. The third kappa shape index (κ3) is 5.40. The fraction of sp³-hybridized carbons (Fsp3) is 0.241. The Labute approximate surface area is 204 Å². The molecular weight excluding hydrogens is 481 g/mol. The quantitative estimate of drug-likeness (QED) is 0.174. The Hall–Kier alpha value is -3.35. The van der Waals surface area contributed by atoms with Crippen LogP contribution in [0, 0.1) is 23.3 Å². The molecule has 7 heteroatoms. The Balaban J connectivity index is 1.65. The average molecular weight is 504 g/mol. The molecule has 0 atom stereocenters. The number of alkyl halides is 3. The second-order valence-electron chi connectivity index (χ2n) is 8.83. The molecule has 0 nitrogen and oxygen atoms in total. The van der Waals surface area contributed by atoms with E-state index in [1.807, 2.05) is 18.2 Å². The summed E-state index contributed by atoms with van der Waals surface area (Å²) in [4.78, 5) is 0. The molecule has 0 spiro atoms. The van der Waals surface area contributed by atoms with Gasteiger partial charge >= 0.3 is 6.18 Å². The van der Waals surface area contributed by atoms with Gasteiger partial charge in [0.1, 0.15) is 28.8 Å². The molecule has 4 rings (SSSR count). The Morgan fingerprint density at radius 2 is 1.17 bits per heavy atom. The van der Waals surface area contributed by atoms with E-state index in [1.54, 1.807) is 12.1 Å². The summed E-state index contributed by atoms with van der Waals surface area (Å²) >= 11 is 0. The molecule has 36 heavy (non-hydrogen) atoms. The molecule has 0 fully saturated rings. The highest BCUT2D eigenvalue weighted by molar-refractivity contribution is 5.88. The van der Waals surface area contributed by atoms with Gasteiger partial charge in [-0.1, -0.05) is 56.5 Å². The monoisotopic (exact) mass is 504 g/mol. The van der Waals surface area contributed by atoms with Crippen molar-refractivity contribution in [2.45, 2.75) is 45.2 Å². The van der Waals surface area contributed by atoms with E-state index in [4.69, 9.17) is 0 Å². The fourth-order valence-electron chi connectivity index (χ4n) is 4.39. The lowest BCUT2D eigenvalue weighted by atomic mass is 9.95. The van der Waals surface area contributed by atoms with Gasteiger partial charge in [-0.15, -0.1) is 0 Å². The minimum Gasteiger partial charge on any atom is -0.206 e. The highest BCUT2D eigenvalue weighted by atomic mass is 19.4. The Bertz CT molecular complexity index is 1360. The van der Waals surface area contributed by atoms with Crippen molar-refractivity contribution < 1.29 is 30.7 Å². The molecule has 0 aliphatic heterocycles. The van der Waals surface area contributed by atoms with Crippen LogP contribution >= 0.6 is 0 Å². The molecule has 188 valence electrons. The lowest BCUT2D eigenvalue weighted by molar-refractivity contribution is -0.142. The zero-order valence-corrected chi connectivity index (χ0v) is 19.5. The second kappa shape index (κ2) is 10.3. The fourth-order valence-corrected chi connectivity index (χ4v) is 4.39. The Morgan fingerprint density at radius 1 is 0.583 bits per heavy atom. The zero-order chi connectivity index (χ0) is 26.0. The Morgan fingerprint density at radius 3 is 1.78 bits per heavy atom. The van der Waals surface area contributed by atoms with Crippen molar-refractivity contribution in [2.75, 3.05) is 0 Å². The van der Waals surface area contributed by atoms with E-state index in [-0.39, 0.29) is 17.7 Å². The summed E-state index contributed by atoms with van der Waals surface area (Å²) in [5.74, 6) is -6.18. The van der Waals surface area contributed by atoms with Gasteiger partial charge in [-0.2, -0.15) is 13.2 Å². The van der Waals surface area contributed by atoms with E-state index in [9.17, 15) is 30.7 Å². The molecular formula is C29H23F7. The molecule has 0 aromatic heterocycles. The maximum Gasteiger partial charge on any atom is 0.422 e. The van der Waals surface area contributed by atoms with Crippen LogP contribution in [0.25, 0.3) is 33.0 Å². The van der Waals surface area contributed by atoms with Crippen molar-refractivity contribution in [2.24, 2.45) is 0 Å². The standard InChI is InChI=1S/C29H23F7/c1-2-3-4-5-6-17-7-8-19-12-20(10-9-18(19)11-17)21-13-23(30)27(24(31)14-21)22-15-25(32)28(26(33)16-22)29(34,35)36/h7-16H,2-6H2,1H3. The number of hydrogen-bond donors (Lipinski definition) is 0. The van der Waals surface area contributed by atoms with Gasteiger partial charge in [0.05, 0.1) is 5.56 Å². The van der Waals surface area contributed by atoms with E-state index in [2.05, 4.69) is 13.0 Å². The van der Waals surface area contributed by atoms with Gasteiger partial charge in [0.2, 0.25) is 0 Å². The van der Waals surface area contributed by atoms with Crippen molar-refractivity contribution in [1.29, 1.82) is 0 Å². The number of rotatable bonds is 7. The summed E-state index contributed by atoms with van der Waals surface area (Å²) in [6.07, 6.45) is 0.341. The predicted molar refractivity (Wildman–Crippen MR) is 128 cm³/mol. The zero-order valence-electron chi connectivity index (χ0n) is 19.5. The molecule has 0 saturated carbocycles. The van der Waals surface area contributed by atoms with Crippen LogP contribution in [0.15, 0.2) is 60.7 Å². The van der Waals surface area contributed by atoms with Gasteiger partial charge in [-0.05, 0) is 76.2 Å². The van der Waals surface area contributed by atoms with E-state index in [0.717, 1.165) is 35.7 Å². The first-order valence-corrected chi connectivity index (χ1v) is 11.7. The van der Waals surface area contributed by atoms with Crippen LogP contribution in [0.4, 0.5) is 30.7 Å². The number of unbranched alkanes of at least 4 members (excludes halogenated alkanes) is 3. The maximum absolute atomic E-state index is 14.9. The molecule has 0 heterocycles. The average Bonchev–Trinajstić information content (AvgIpc) is 2.79. The molecule has 0 unspecified atom stereocenters. The second-order valence-corrected chi connectivity index (χ2v) is 8.83. The van der Waals surface area contributed by atoms with E-state index in [1.165, 1.54) is 24.8 Å². The van der Waals surface area contributed by atoms with Gasteiger partial charge in [-0.25, -0.2) is 17.6 Å². The molecule has 0 saturated heterocycles. The van der Waals surface area contributed by atoms with E-state index >= 15 is 0 Å². The van der Waals surface area contributed by atoms with Gasteiger partial charge in [0, 0.05) is 0 Å². The van der Waals surface area contributed by atoms with Crippen molar-refractivity contribution in [3.05, 3.63) is 95.1 Å². The lowest BCUT2D eigenvalue weighted by Gasteiger charge is -2.13. The summed E-state index contributed by atoms with van der Waals surface area (Å²) in [6, 6.07) is 14.0. The van der Waals surface area contributed by atoms with Crippen molar-refractivity contribution in [3.8, 4) is 22.3 Å². The highest BCUT2D eigenvalue weighted by Crippen LogP contribution is 2.38. The van der Waals surface area contributed by atoms with Gasteiger partial charge in [0.25, 0.3) is 0 Å². The number of fused-ring (bicyclic) bond motifs is 1. The van der Waals surface area contributed by atoms with E-state index < -0.39 is 46.1 Å². The largest absolute Gasteiger partial charge is 0.422 e. The van der Waals surface area contributed by atoms with Crippen LogP contribution in [-0.2, 0) is 12.6 Å². The summed E-state index contributed by atoms with van der Waals surface area (Å²) in [7, 11) is 0. The van der Waals surface area contributed by atoms with Gasteiger partial charge < -0.3 is 0 Å². The molecule has 0 bridgehead atoms. The van der Waals surface area contributed by atoms with Crippen LogP contribution in [0.3, 0.4) is 0 Å². The number of aryl methyl sites for hydroxylation is 1. The first kappa shape index (κ1) is 25.7. The summed E-state index contributed by atoms with van der Waals surface area (Å²) in [5.41, 5.74) is -1.66. The van der Waals surface area contributed by atoms with Crippen LogP contribution < -0.4 is 0 Å². The number of halogens is 7. The van der Waals surface area contributed by atoms with Crippen molar-refractivity contribution >= 4 is 10.8 Å². The third-order valence-electron chi connectivity index (χ3n) is 6.21. The van der Waals surface area contributed by atoms with E-state index in [0.29, 0.717) is 5.56 Å². The summed E-state index contributed by atoms with van der Waals surface area (Å²) in [5, 5.41) is 1.86. The normalized spacial score (nSPS) is 11.9. The Kier molecular flexibility index (Phi) is 7.38. The third-order valence-corrected chi connectivity index (χ3v) is 6.21. The molecule has 4 aromatic rings.